The fraction of sp³-hybridized carbons (Fsp3) is 0.300. The first-order chi connectivity index (χ1) is 13.1. The largest absolute Gasteiger partial charge is 0.319 e. The summed E-state index contributed by atoms with van der Waals surface area (Å²) in [7, 11) is 1.75. The van der Waals surface area contributed by atoms with Gasteiger partial charge in [-0.15, -0.1) is 0 Å². The van der Waals surface area contributed by atoms with E-state index in [4.69, 9.17) is 0 Å². The van der Waals surface area contributed by atoms with E-state index in [2.05, 4.69) is 15.0 Å². The van der Waals surface area contributed by atoms with Crippen molar-refractivity contribution in [2.24, 2.45) is 13.0 Å². The SMILES string of the molecule is Cn1ccc(CN2CC(Cn3nc(-c4cccnc4)ccc3=O)C2)cc1=O. The highest BCUT2D eigenvalue weighted by Gasteiger charge is 2.27. The van der Waals surface area contributed by atoms with E-state index in [1.165, 1.54) is 0 Å². The Morgan fingerprint density at radius 3 is 2.70 bits per heavy atom. The summed E-state index contributed by atoms with van der Waals surface area (Å²) in [6, 6.07) is 10.7. The Morgan fingerprint density at radius 1 is 1.11 bits per heavy atom. The van der Waals surface area contributed by atoms with Crippen LogP contribution in [0.15, 0.2) is 64.6 Å². The minimum atomic E-state index is -0.0901. The van der Waals surface area contributed by atoms with Crippen LogP contribution in [0.5, 0.6) is 0 Å². The van der Waals surface area contributed by atoms with Crippen LogP contribution < -0.4 is 11.1 Å². The lowest BCUT2D eigenvalue weighted by molar-refractivity contribution is 0.0766. The maximum Gasteiger partial charge on any atom is 0.266 e. The van der Waals surface area contributed by atoms with Gasteiger partial charge in [0.05, 0.1) is 12.2 Å². The van der Waals surface area contributed by atoms with Gasteiger partial charge in [-0.3, -0.25) is 19.5 Å². The van der Waals surface area contributed by atoms with E-state index < -0.39 is 0 Å². The minimum Gasteiger partial charge on any atom is -0.319 e. The first-order valence-electron chi connectivity index (χ1n) is 8.95. The Hall–Kier alpha value is -3.06. The number of hydrogen-bond donors (Lipinski definition) is 0. The third-order valence-electron chi connectivity index (χ3n) is 4.86. The van der Waals surface area contributed by atoms with Crippen molar-refractivity contribution < 1.29 is 0 Å². The molecule has 4 rings (SSSR count). The average Bonchev–Trinajstić information content (AvgIpc) is 2.65. The molecule has 7 nitrogen and oxygen atoms in total. The van der Waals surface area contributed by atoms with E-state index in [-0.39, 0.29) is 11.1 Å². The number of hydrogen-bond acceptors (Lipinski definition) is 5. The molecule has 1 fully saturated rings. The number of aromatic nitrogens is 4. The molecule has 0 atom stereocenters. The van der Waals surface area contributed by atoms with E-state index in [9.17, 15) is 9.59 Å². The molecule has 1 aliphatic heterocycles. The van der Waals surface area contributed by atoms with E-state index >= 15 is 0 Å². The molecule has 1 aliphatic rings. The van der Waals surface area contributed by atoms with Gasteiger partial charge in [0.25, 0.3) is 11.1 Å². The first kappa shape index (κ1) is 17.4. The van der Waals surface area contributed by atoms with Crippen LogP contribution in [0, 0.1) is 5.92 Å². The van der Waals surface area contributed by atoms with E-state index in [1.807, 2.05) is 18.2 Å². The van der Waals surface area contributed by atoms with Crippen molar-refractivity contribution in [3.8, 4) is 11.3 Å². The van der Waals surface area contributed by atoms with Crippen LogP contribution in [0.25, 0.3) is 11.3 Å². The number of aryl methyl sites for hydroxylation is 1. The van der Waals surface area contributed by atoms with Crippen LogP contribution in [0.3, 0.4) is 0 Å². The smallest absolute Gasteiger partial charge is 0.266 e. The molecular formula is C20H21N5O2. The fourth-order valence-electron chi connectivity index (χ4n) is 3.36. The zero-order chi connectivity index (χ0) is 18.8. The van der Waals surface area contributed by atoms with Gasteiger partial charge in [-0.05, 0) is 29.8 Å². The molecule has 4 heterocycles. The van der Waals surface area contributed by atoms with Crippen LogP contribution in [0.1, 0.15) is 5.56 Å². The molecule has 0 aromatic carbocycles. The number of rotatable bonds is 5. The standard InChI is InChI=1S/C20H21N5O2/c1-23-8-6-15(9-20(23)27)11-24-12-16(13-24)14-25-19(26)5-4-18(22-25)17-3-2-7-21-10-17/h2-10,16H,11-14H2,1H3. The molecule has 0 bridgehead atoms. The second kappa shape index (κ2) is 7.28. The fourth-order valence-corrected chi connectivity index (χ4v) is 3.36. The molecule has 27 heavy (non-hydrogen) atoms. The van der Waals surface area contributed by atoms with Gasteiger partial charge < -0.3 is 4.57 Å². The zero-order valence-electron chi connectivity index (χ0n) is 15.2. The Morgan fingerprint density at radius 2 is 1.96 bits per heavy atom. The lowest BCUT2D eigenvalue weighted by atomic mass is 9.99. The van der Waals surface area contributed by atoms with Crippen LogP contribution in [-0.4, -0.2) is 37.3 Å². The molecule has 0 spiro atoms. The molecule has 3 aromatic rings. The number of pyridine rings is 2. The van der Waals surface area contributed by atoms with Gasteiger partial charge in [0.2, 0.25) is 0 Å². The Bertz CT molecular complexity index is 1050. The third-order valence-corrected chi connectivity index (χ3v) is 4.86. The van der Waals surface area contributed by atoms with Crippen LogP contribution >= 0.6 is 0 Å². The van der Waals surface area contributed by atoms with Crippen LogP contribution in [0.2, 0.25) is 0 Å². The van der Waals surface area contributed by atoms with Crippen molar-refractivity contribution in [1.29, 1.82) is 0 Å². The summed E-state index contributed by atoms with van der Waals surface area (Å²) in [5.41, 5.74) is 2.58. The van der Waals surface area contributed by atoms with Gasteiger partial charge in [0, 0.05) is 68.9 Å². The lowest BCUT2D eigenvalue weighted by Gasteiger charge is -2.39. The van der Waals surface area contributed by atoms with Crippen molar-refractivity contribution in [3.05, 3.63) is 81.3 Å². The van der Waals surface area contributed by atoms with E-state index in [0.29, 0.717) is 12.5 Å². The number of likely N-dealkylation sites (tertiary alicyclic amines) is 1. The molecule has 0 saturated carbocycles. The van der Waals surface area contributed by atoms with Crippen molar-refractivity contribution in [1.82, 2.24) is 24.2 Å². The van der Waals surface area contributed by atoms with Gasteiger partial charge in [-0.25, -0.2) is 4.68 Å². The summed E-state index contributed by atoms with van der Waals surface area (Å²) < 4.78 is 3.11. The summed E-state index contributed by atoms with van der Waals surface area (Å²) in [6.07, 6.45) is 5.25. The van der Waals surface area contributed by atoms with Gasteiger partial charge in [-0.1, -0.05) is 0 Å². The molecule has 7 heteroatoms. The Kier molecular flexibility index (Phi) is 4.68. The monoisotopic (exact) mass is 363 g/mol. The van der Waals surface area contributed by atoms with Gasteiger partial charge in [0.1, 0.15) is 0 Å². The Balaban J connectivity index is 1.39. The highest BCUT2D eigenvalue weighted by molar-refractivity contribution is 5.56. The topological polar surface area (TPSA) is 73.0 Å². The maximum atomic E-state index is 12.2. The second-order valence-electron chi connectivity index (χ2n) is 7.02. The van der Waals surface area contributed by atoms with Crippen molar-refractivity contribution in [3.63, 3.8) is 0 Å². The third kappa shape index (κ3) is 3.88. The van der Waals surface area contributed by atoms with Crippen LogP contribution in [0.4, 0.5) is 0 Å². The number of nitrogens with zero attached hydrogens (tertiary/aromatic N) is 5. The molecule has 0 amide bonds. The predicted molar refractivity (Wildman–Crippen MR) is 102 cm³/mol. The van der Waals surface area contributed by atoms with Gasteiger partial charge >= 0.3 is 0 Å². The molecule has 0 radical (unpaired) electrons. The molecular weight excluding hydrogens is 342 g/mol. The normalized spacial score (nSPS) is 14.9. The highest BCUT2D eigenvalue weighted by Crippen LogP contribution is 2.20. The van der Waals surface area contributed by atoms with Gasteiger partial charge in [-0.2, -0.15) is 5.10 Å². The Labute approximate surface area is 156 Å². The zero-order valence-corrected chi connectivity index (χ0v) is 15.2. The maximum absolute atomic E-state index is 12.2. The predicted octanol–water partition coefficient (Wildman–Crippen LogP) is 1.14. The summed E-state index contributed by atoms with van der Waals surface area (Å²) in [4.78, 5) is 30.2. The first-order valence-corrected chi connectivity index (χ1v) is 8.95. The van der Waals surface area contributed by atoms with Crippen molar-refractivity contribution >= 4 is 0 Å². The summed E-state index contributed by atoms with van der Waals surface area (Å²) in [5, 5.41) is 4.50. The summed E-state index contributed by atoms with van der Waals surface area (Å²) >= 11 is 0. The quantitative estimate of drug-likeness (QED) is 0.680. The summed E-state index contributed by atoms with van der Waals surface area (Å²) in [5.74, 6) is 0.380. The highest BCUT2D eigenvalue weighted by atomic mass is 16.1. The minimum absolute atomic E-state index is 0.00698. The molecule has 3 aromatic heterocycles. The average molecular weight is 363 g/mol. The molecule has 0 N–H and O–H groups in total. The van der Waals surface area contributed by atoms with Crippen molar-refractivity contribution in [2.75, 3.05) is 13.1 Å². The second-order valence-corrected chi connectivity index (χ2v) is 7.02. The van der Waals surface area contributed by atoms with Crippen molar-refractivity contribution in [2.45, 2.75) is 13.1 Å². The summed E-state index contributed by atoms with van der Waals surface area (Å²) in [6.45, 7) is 3.13. The molecule has 0 unspecified atom stereocenters. The van der Waals surface area contributed by atoms with E-state index in [1.54, 1.807) is 53.1 Å². The molecule has 138 valence electrons. The lowest BCUT2D eigenvalue weighted by Crippen LogP contribution is -2.49. The van der Waals surface area contributed by atoms with Gasteiger partial charge in [0.15, 0.2) is 0 Å². The van der Waals surface area contributed by atoms with E-state index in [0.717, 1.165) is 36.5 Å². The molecule has 1 saturated heterocycles. The van der Waals surface area contributed by atoms with Crippen LogP contribution in [-0.2, 0) is 20.1 Å². The molecule has 0 aliphatic carbocycles.